The summed E-state index contributed by atoms with van der Waals surface area (Å²) in [6, 6.07) is 9.43. The lowest BCUT2D eigenvalue weighted by atomic mass is 10.2. The topological polar surface area (TPSA) is 116 Å². The monoisotopic (exact) mass is 412 g/mol. The first-order valence-electron chi connectivity index (χ1n) is 9.31. The van der Waals surface area contributed by atoms with E-state index in [2.05, 4.69) is 22.1 Å². The van der Waals surface area contributed by atoms with Gasteiger partial charge in [0.05, 0.1) is 32.1 Å². The van der Waals surface area contributed by atoms with E-state index in [1.54, 1.807) is 12.3 Å². The van der Waals surface area contributed by atoms with Crippen molar-refractivity contribution in [2.75, 3.05) is 18.6 Å². The first kappa shape index (κ1) is 21.2. The normalized spacial score (nSPS) is 12.5. The van der Waals surface area contributed by atoms with E-state index in [-0.39, 0.29) is 30.3 Å². The highest BCUT2D eigenvalue weighted by molar-refractivity contribution is 5.80. The lowest BCUT2D eigenvalue weighted by Gasteiger charge is -2.14. The van der Waals surface area contributed by atoms with Gasteiger partial charge in [0.1, 0.15) is 0 Å². The molecule has 0 fully saturated rings. The average Bonchev–Trinajstić information content (AvgIpc) is 3.10. The molecular weight excluding hydrogens is 388 g/mol. The van der Waals surface area contributed by atoms with E-state index < -0.39 is 17.4 Å². The Morgan fingerprint density at radius 3 is 2.70 bits per heavy atom. The standard InChI is InChI=1S/C20H24N6O4/c1-4-10-30-13-15(27)12-26-16-17(24(2)20(29)25(3)18(16)28)22-19(26)23-21-11-14-8-6-5-7-9-14/h4-9,11,15,27H,1,10,12-13H2,2-3H3,(H,22,23). The molecule has 30 heavy (non-hydrogen) atoms. The van der Waals surface area contributed by atoms with Crippen LogP contribution in [-0.4, -0.2) is 49.3 Å². The number of nitrogens with zero attached hydrogens (tertiary/aromatic N) is 5. The number of nitrogens with one attached hydrogen (secondary N) is 1. The minimum absolute atomic E-state index is 0.0181. The predicted octanol–water partition coefficient (Wildman–Crippen LogP) is 0.443. The van der Waals surface area contributed by atoms with Crippen LogP contribution in [-0.2, 0) is 25.4 Å². The third-order valence-electron chi connectivity index (χ3n) is 4.46. The molecule has 3 aromatic rings. The average molecular weight is 412 g/mol. The SMILES string of the molecule is C=CCOCC(O)Cn1c(NN=Cc2ccccc2)nc2c1c(=O)n(C)c(=O)n2C. The van der Waals surface area contributed by atoms with Gasteiger partial charge in [0.15, 0.2) is 11.2 Å². The summed E-state index contributed by atoms with van der Waals surface area (Å²) in [6.07, 6.45) is 2.27. The fraction of sp³-hybridized carbons (Fsp3) is 0.300. The van der Waals surface area contributed by atoms with Crippen LogP contribution >= 0.6 is 0 Å². The molecule has 0 saturated carbocycles. The van der Waals surface area contributed by atoms with E-state index in [1.807, 2.05) is 30.3 Å². The van der Waals surface area contributed by atoms with Crippen LogP contribution in [0.5, 0.6) is 0 Å². The van der Waals surface area contributed by atoms with Crippen molar-refractivity contribution in [3.8, 4) is 0 Å². The van der Waals surface area contributed by atoms with Crippen molar-refractivity contribution >= 4 is 23.3 Å². The van der Waals surface area contributed by atoms with Crippen LogP contribution in [0.3, 0.4) is 0 Å². The summed E-state index contributed by atoms with van der Waals surface area (Å²) in [5, 5.41) is 14.5. The zero-order chi connectivity index (χ0) is 21.7. The summed E-state index contributed by atoms with van der Waals surface area (Å²) in [4.78, 5) is 29.4. The number of aryl methyl sites for hydroxylation is 1. The molecule has 0 amide bonds. The molecule has 1 unspecified atom stereocenters. The van der Waals surface area contributed by atoms with Gasteiger partial charge in [-0.1, -0.05) is 36.4 Å². The van der Waals surface area contributed by atoms with Crippen molar-refractivity contribution in [3.63, 3.8) is 0 Å². The van der Waals surface area contributed by atoms with Gasteiger partial charge in [0.25, 0.3) is 5.56 Å². The van der Waals surface area contributed by atoms with Gasteiger partial charge in [0, 0.05) is 14.1 Å². The number of fused-ring (bicyclic) bond motifs is 1. The van der Waals surface area contributed by atoms with Crippen LogP contribution in [0, 0.1) is 0 Å². The lowest BCUT2D eigenvalue weighted by molar-refractivity contribution is 0.0405. The minimum Gasteiger partial charge on any atom is -0.389 e. The predicted molar refractivity (Wildman–Crippen MR) is 115 cm³/mol. The number of aliphatic hydroxyl groups excluding tert-OH is 1. The first-order valence-corrected chi connectivity index (χ1v) is 9.31. The van der Waals surface area contributed by atoms with Gasteiger partial charge in [-0.25, -0.2) is 10.2 Å². The number of rotatable bonds is 9. The van der Waals surface area contributed by atoms with Crippen LogP contribution in [0.2, 0.25) is 0 Å². The number of aromatic nitrogens is 4. The summed E-state index contributed by atoms with van der Waals surface area (Å²) in [6.45, 7) is 3.92. The molecule has 10 nitrogen and oxygen atoms in total. The highest BCUT2D eigenvalue weighted by Crippen LogP contribution is 2.16. The van der Waals surface area contributed by atoms with E-state index in [0.29, 0.717) is 6.61 Å². The number of anilines is 1. The number of aliphatic hydroxyl groups is 1. The lowest BCUT2D eigenvalue weighted by Crippen LogP contribution is -2.38. The van der Waals surface area contributed by atoms with E-state index in [1.165, 1.54) is 23.2 Å². The zero-order valence-electron chi connectivity index (χ0n) is 16.9. The summed E-state index contributed by atoms with van der Waals surface area (Å²) in [7, 11) is 2.92. The zero-order valence-corrected chi connectivity index (χ0v) is 16.9. The molecule has 1 aromatic carbocycles. The van der Waals surface area contributed by atoms with Crippen molar-refractivity contribution in [2.45, 2.75) is 12.6 Å². The molecule has 2 heterocycles. The van der Waals surface area contributed by atoms with Crippen LogP contribution in [0.1, 0.15) is 5.56 Å². The fourth-order valence-electron chi connectivity index (χ4n) is 2.96. The second-order valence-corrected chi connectivity index (χ2v) is 6.68. The Balaban J connectivity index is 2.01. The molecule has 0 spiro atoms. The first-order chi connectivity index (χ1) is 14.4. The maximum Gasteiger partial charge on any atom is 0.332 e. The van der Waals surface area contributed by atoms with E-state index >= 15 is 0 Å². The second kappa shape index (κ2) is 9.33. The van der Waals surface area contributed by atoms with Gasteiger partial charge >= 0.3 is 5.69 Å². The van der Waals surface area contributed by atoms with Gasteiger partial charge in [0.2, 0.25) is 5.95 Å². The smallest absolute Gasteiger partial charge is 0.332 e. The Bertz CT molecular complexity index is 1180. The minimum atomic E-state index is -0.914. The molecule has 3 rings (SSSR count). The molecule has 0 saturated heterocycles. The Morgan fingerprint density at radius 2 is 2.00 bits per heavy atom. The van der Waals surface area contributed by atoms with Crippen LogP contribution in [0.25, 0.3) is 11.2 Å². The molecule has 0 aliphatic heterocycles. The molecular formula is C20H24N6O4. The van der Waals surface area contributed by atoms with Crippen molar-refractivity contribution in [3.05, 3.63) is 69.4 Å². The van der Waals surface area contributed by atoms with Crippen LogP contribution < -0.4 is 16.7 Å². The summed E-state index contributed by atoms with van der Waals surface area (Å²) < 4.78 is 9.07. The van der Waals surface area contributed by atoms with Gasteiger partial charge in [-0.2, -0.15) is 10.1 Å². The quantitative estimate of drug-likeness (QED) is 0.228. The number of ether oxygens (including phenoxy) is 1. The number of hydrogen-bond acceptors (Lipinski definition) is 7. The highest BCUT2D eigenvalue weighted by atomic mass is 16.5. The molecule has 10 heteroatoms. The Labute approximate surface area is 172 Å². The number of hydrazone groups is 1. The van der Waals surface area contributed by atoms with Crippen LogP contribution in [0.15, 0.2) is 57.7 Å². The maximum atomic E-state index is 12.8. The van der Waals surface area contributed by atoms with Crippen LogP contribution in [0.4, 0.5) is 5.95 Å². The van der Waals surface area contributed by atoms with Gasteiger partial charge < -0.3 is 14.4 Å². The van der Waals surface area contributed by atoms with Gasteiger partial charge in [-0.15, -0.1) is 6.58 Å². The highest BCUT2D eigenvalue weighted by Gasteiger charge is 2.21. The number of benzene rings is 1. The second-order valence-electron chi connectivity index (χ2n) is 6.68. The Hall–Kier alpha value is -3.50. The fourth-order valence-corrected chi connectivity index (χ4v) is 2.96. The maximum absolute atomic E-state index is 12.8. The number of hydrogen-bond donors (Lipinski definition) is 2. The summed E-state index contributed by atoms with van der Waals surface area (Å²) in [5.74, 6) is 0.221. The molecule has 0 aliphatic carbocycles. The molecule has 2 N–H and O–H groups in total. The summed E-state index contributed by atoms with van der Waals surface area (Å²) >= 11 is 0. The van der Waals surface area contributed by atoms with Crippen molar-refractivity contribution in [1.82, 2.24) is 18.7 Å². The van der Waals surface area contributed by atoms with Crippen molar-refractivity contribution in [2.24, 2.45) is 19.2 Å². The molecule has 0 radical (unpaired) electrons. The van der Waals surface area contributed by atoms with Crippen molar-refractivity contribution in [1.29, 1.82) is 0 Å². The molecule has 2 aromatic heterocycles. The van der Waals surface area contributed by atoms with E-state index in [4.69, 9.17) is 4.74 Å². The number of imidazole rings is 1. The van der Waals surface area contributed by atoms with Gasteiger partial charge in [-0.3, -0.25) is 13.9 Å². The third kappa shape index (κ3) is 4.39. The molecule has 1 atom stereocenters. The molecule has 0 bridgehead atoms. The molecule has 158 valence electrons. The van der Waals surface area contributed by atoms with Crippen molar-refractivity contribution < 1.29 is 9.84 Å². The summed E-state index contributed by atoms with van der Waals surface area (Å²) in [5.41, 5.74) is 3.04. The van der Waals surface area contributed by atoms with Gasteiger partial charge in [-0.05, 0) is 5.56 Å². The third-order valence-corrected chi connectivity index (χ3v) is 4.46. The largest absolute Gasteiger partial charge is 0.389 e. The van der Waals surface area contributed by atoms with E-state index in [0.717, 1.165) is 10.1 Å². The Kier molecular flexibility index (Phi) is 6.60. The van der Waals surface area contributed by atoms with E-state index in [9.17, 15) is 14.7 Å². The molecule has 0 aliphatic rings. The Morgan fingerprint density at radius 1 is 1.27 bits per heavy atom.